The Balaban J connectivity index is 1.28. The molecule has 0 saturated carbocycles. The van der Waals surface area contributed by atoms with Crippen molar-refractivity contribution in [2.45, 2.75) is 19.1 Å². The van der Waals surface area contributed by atoms with Gasteiger partial charge < -0.3 is 15.6 Å². The molecule has 2 atom stereocenters. The van der Waals surface area contributed by atoms with Gasteiger partial charge in [-0.3, -0.25) is 14.6 Å². The van der Waals surface area contributed by atoms with E-state index in [1.54, 1.807) is 29.5 Å². The number of ether oxygens (including phenoxy) is 1. The number of hydrogen-bond donors (Lipinski definition) is 2. The van der Waals surface area contributed by atoms with Gasteiger partial charge in [-0.15, -0.1) is 11.3 Å². The number of aromatic nitrogens is 1. The molecular weight excluding hydrogens is 431 g/mol. The van der Waals surface area contributed by atoms with E-state index in [1.165, 1.54) is 6.07 Å². The SMILES string of the molecule is Cc1nc2cc(OCC(O)CN3CCN(C(C(N)=O)c4ccccc4F)CC3)ccc2s1. The average Bonchev–Trinajstić information content (AvgIpc) is 3.14. The number of amides is 1. The Morgan fingerprint density at radius 3 is 2.72 bits per heavy atom. The first-order valence-corrected chi connectivity index (χ1v) is 11.4. The number of aliphatic hydroxyl groups is 1. The highest BCUT2D eigenvalue weighted by atomic mass is 32.1. The number of carbonyl (C=O) groups excluding carboxylic acids is 1. The van der Waals surface area contributed by atoms with Gasteiger partial charge in [0.15, 0.2) is 0 Å². The summed E-state index contributed by atoms with van der Waals surface area (Å²) < 4.78 is 21.1. The van der Waals surface area contributed by atoms with Crippen LogP contribution in [0.3, 0.4) is 0 Å². The second-order valence-corrected chi connectivity index (χ2v) is 9.23. The van der Waals surface area contributed by atoms with Crippen molar-refractivity contribution < 1.29 is 19.0 Å². The van der Waals surface area contributed by atoms with Crippen LogP contribution in [0.15, 0.2) is 42.5 Å². The minimum atomic E-state index is -0.795. The number of fused-ring (bicyclic) bond motifs is 1. The largest absolute Gasteiger partial charge is 0.491 e. The molecule has 1 fully saturated rings. The van der Waals surface area contributed by atoms with E-state index in [2.05, 4.69) is 9.88 Å². The summed E-state index contributed by atoms with van der Waals surface area (Å²) in [4.78, 5) is 20.5. The predicted octanol–water partition coefficient (Wildman–Crippen LogP) is 2.33. The molecule has 3 aromatic rings. The summed E-state index contributed by atoms with van der Waals surface area (Å²) in [6.07, 6.45) is -0.659. The van der Waals surface area contributed by atoms with Gasteiger partial charge in [0.2, 0.25) is 5.91 Å². The number of benzene rings is 2. The summed E-state index contributed by atoms with van der Waals surface area (Å²) >= 11 is 1.64. The van der Waals surface area contributed by atoms with E-state index >= 15 is 0 Å². The molecule has 1 amide bonds. The Bertz CT molecular complexity index is 1080. The average molecular weight is 459 g/mol. The first-order valence-electron chi connectivity index (χ1n) is 10.6. The molecule has 1 aromatic heterocycles. The zero-order valence-corrected chi connectivity index (χ0v) is 18.7. The summed E-state index contributed by atoms with van der Waals surface area (Å²) in [5.41, 5.74) is 6.79. The normalized spacial score (nSPS) is 17.3. The highest BCUT2D eigenvalue weighted by molar-refractivity contribution is 7.18. The summed E-state index contributed by atoms with van der Waals surface area (Å²) in [6.45, 7) is 4.97. The van der Waals surface area contributed by atoms with Crippen LogP contribution < -0.4 is 10.5 Å². The van der Waals surface area contributed by atoms with Crippen molar-refractivity contribution in [2.24, 2.45) is 5.73 Å². The molecule has 4 rings (SSSR count). The number of β-amino-alcohol motifs (C(OH)–C–C–N with tert-alkyl or cyclic N) is 1. The Kier molecular flexibility index (Phi) is 7.00. The van der Waals surface area contributed by atoms with Crippen LogP contribution in [0.5, 0.6) is 5.75 Å². The molecule has 3 N–H and O–H groups in total. The molecule has 7 nitrogen and oxygen atoms in total. The van der Waals surface area contributed by atoms with Crippen molar-refractivity contribution in [3.8, 4) is 5.75 Å². The minimum absolute atomic E-state index is 0.175. The van der Waals surface area contributed by atoms with Crippen molar-refractivity contribution in [3.05, 3.63) is 58.9 Å². The van der Waals surface area contributed by atoms with E-state index in [1.807, 2.05) is 30.0 Å². The standard InChI is InChI=1S/C23H27FN4O3S/c1-15-26-20-12-17(6-7-21(20)32-15)31-14-16(29)13-27-8-10-28(11-9-27)22(23(25)30)18-4-2-3-5-19(18)24/h2-7,12,16,22,29H,8-11,13-14H2,1H3,(H2,25,30). The first-order chi connectivity index (χ1) is 15.4. The molecule has 2 aromatic carbocycles. The fourth-order valence-corrected chi connectivity index (χ4v) is 4.89. The van der Waals surface area contributed by atoms with E-state index in [9.17, 15) is 14.3 Å². The Morgan fingerprint density at radius 1 is 1.25 bits per heavy atom. The van der Waals surface area contributed by atoms with Crippen molar-refractivity contribution >= 4 is 27.5 Å². The van der Waals surface area contributed by atoms with E-state index in [0.717, 1.165) is 15.2 Å². The molecule has 0 bridgehead atoms. The van der Waals surface area contributed by atoms with Gasteiger partial charge in [-0.05, 0) is 25.1 Å². The van der Waals surface area contributed by atoms with Crippen LogP contribution in [0.1, 0.15) is 16.6 Å². The first kappa shape index (κ1) is 22.6. The van der Waals surface area contributed by atoms with Gasteiger partial charge >= 0.3 is 0 Å². The number of aryl methyl sites for hydroxylation is 1. The molecule has 1 saturated heterocycles. The monoisotopic (exact) mass is 458 g/mol. The molecule has 1 aliphatic rings. The molecule has 2 heterocycles. The smallest absolute Gasteiger partial charge is 0.239 e. The summed E-state index contributed by atoms with van der Waals surface area (Å²) in [7, 11) is 0. The lowest BCUT2D eigenvalue weighted by atomic mass is 10.0. The van der Waals surface area contributed by atoms with E-state index in [-0.39, 0.29) is 6.61 Å². The topological polar surface area (TPSA) is 91.9 Å². The molecule has 0 aliphatic carbocycles. The highest BCUT2D eigenvalue weighted by Crippen LogP contribution is 2.26. The molecule has 0 spiro atoms. The lowest BCUT2D eigenvalue weighted by Crippen LogP contribution is -2.52. The van der Waals surface area contributed by atoms with Gasteiger partial charge in [-0.2, -0.15) is 0 Å². The van der Waals surface area contributed by atoms with Crippen molar-refractivity contribution in [3.63, 3.8) is 0 Å². The molecular formula is C23H27FN4O3S. The second kappa shape index (κ2) is 9.91. The maximum absolute atomic E-state index is 14.2. The molecule has 1 aliphatic heterocycles. The lowest BCUT2D eigenvalue weighted by Gasteiger charge is -2.38. The molecule has 9 heteroatoms. The zero-order valence-electron chi connectivity index (χ0n) is 17.9. The number of carbonyl (C=O) groups is 1. The number of aliphatic hydroxyl groups excluding tert-OH is 1. The molecule has 2 unspecified atom stereocenters. The van der Waals surface area contributed by atoms with Crippen molar-refractivity contribution in [1.29, 1.82) is 0 Å². The Morgan fingerprint density at radius 2 is 2.00 bits per heavy atom. The van der Waals surface area contributed by atoms with Crippen LogP contribution in [0.25, 0.3) is 10.2 Å². The van der Waals surface area contributed by atoms with E-state index in [0.29, 0.717) is 44.0 Å². The van der Waals surface area contributed by atoms with Crippen LogP contribution in [-0.2, 0) is 4.79 Å². The van der Waals surface area contributed by atoms with Gasteiger partial charge in [0.1, 0.15) is 30.3 Å². The number of piperazine rings is 1. The number of rotatable bonds is 8. The van der Waals surface area contributed by atoms with Crippen LogP contribution in [0.4, 0.5) is 4.39 Å². The summed E-state index contributed by atoms with van der Waals surface area (Å²) in [5, 5.41) is 11.4. The zero-order chi connectivity index (χ0) is 22.7. The number of nitrogens with zero attached hydrogens (tertiary/aromatic N) is 3. The summed E-state index contributed by atoms with van der Waals surface area (Å²) in [5.74, 6) is -0.317. The second-order valence-electron chi connectivity index (χ2n) is 7.99. The molecule has 32 heavy (non-hydrogen) atoms. The quantitative estimate of drug-likeness (QED) is 0.538. The van der Waals surface area contributed by atoms with Crippen LogP contribution >= 0.6 is 11.3 Å². The fourth-order valence-electron chi connectivity index (χ4n) is 4.09. The number of hydrogen-bond acceptors (Lipinski definition) is 7. The fraction of sp³-hybridized carbons (Fsp3) is 0.391. The number of halogens is 1. The minimum Gasteiger partial charge on any atom is -0.491 e. The highest BCUT2D eigenvalue weighted by Gasteiger charge is 2.31. The van der Waals surface area contributed by atoms with Gasteiger partial charge in [-0.25, -0.2) is 9.37 Å². The van der Waals surface area contributed by atoms with Crippen LogP contribution in [-0.4, -0.2) is 71.2 Å². The van der Waals surface area contributed by atoms with Crippen molar-refractivity contribution in [2.75, 3.05) is 39.3 Å². The third-order valence-electron chi connectivity index (χ3n) is 5.62. The van der Waals surface area contributed by atoms with Crippen molar-refractivity contribution in [1.82, 2.24) is 14.8 Å². The molecule has 170 valence electrons. The van der Waals surface area contributed by atoms with Gasteiger partial charge in [0.05, 0.1) is 15.2 Å². The van der Waals surface area contributed by atoms with Gasteiger partial charge in [0.25, 0.3) is 0 Å². The maximum Gasteiger partial charge on any atom is 0.239 e. The Hall–Kier alpha value is -2.59. The lowest BCUT2D eigenvalue weighted by molar-refractivity contribution is -0.124. The van der Waals surface area contributed by atoms with Crippen LogP contribution in [0.2, 0.25) is 0 Å². The number of thiazole rings is 1. The van der Waals surface area contributed by atoms with E-state index < -0.39 is 23.9 Å². The van der Waals surface area contributed by atoms with E-state index in [4.69, 9.17) is 10.5 Å². The van der Waals surface area contributed by atoms with Crippen LogP contribution in [0, 0.1) is 12.7 Å². The Labute approximate surface area is 190 Å². The summed E-state index contributed by atoms with van der Waals surface area (Å²) in [6, 6.07) is 11.2. The third kappa shape index (κ3) is 5.24. The number of primary amides is 1. The van der Waals surface area contributed by atoms with Gasteiger partial charge in [0, 0.05) is 44.4 Å². The number of nitrogens with two attached hydrogens (primary N) is 1. The molecule has 0 radical (unpaired) electrons. The van der Waals surface area contributed by atoms with Gasteiger partial charge in [-0.1, -0.05) is 18.2 Å². The predicted molar refractivity (Wildman–Crippen MR) is 122 cm³/mol. The maximum atomic E-state index is 14.2. The third-order valence-corrected chi connectivity index (χ3v) is 6.57.